The summed E-state index contributed by atoms with van der Waals surface area (Å²) in [6.07, 6.45) is 3.93. The second-order valence-electron chi connectivity index (χ2n) is 5.46. The summed E-state index contributed by atoms with van der Waals surface area (Å²) in [6, 6.07) is 5.85. The molecule has 0 radical (unpaired) electrons. The van der Waals surface area contributed by atoms with E-state index in [1.807, 2.05) is 32.0 Å². The van der Waals surface area contributed by atoms with Gasteiger partial charge in [-0.1, -0.05) is 25.0 Å². The number of aryl methyl sites for hydroxylation is 2. The van der Waals surface area contributed by atoms with Crippen molar-refractivity contribution in [1.82, 2.24) is 0 Å². The van der Waals surface area contributed by atoms with E-state index in [2.05, 4.69) is 5.32 Å². The molecule has 1 fully saturated rings. The van der Waals surface area contributed by atoms with Crippen molar-refractivity contribution < 1.29 is 14.3 Å². The van der Waals surface area contributed by atoms with Crippen molar-refractivity contribution in [2.45, 2.75) is 39.5 Å². The van der Waals surface area contributed by atoms with Crippen LogP contribution in [0.4, 0.5) is 5.69 Å². The average Bonchev–Trinajstić information content (AvgIpc) is 2.94. The van der Waals surface area contributed by atoms with Crippen LogP contribution in [0.15, 0.2) is 18.2 Å². The SMILES string of the molecule is Cc1ccc(C)c(NC(=O)COC(=O)C2CCCC2)c1. The van der Waals surface area contributed by atoms with Gasteiger partial charge in [-0.3, -0.25) is 9.59 Å². The summed E-state index contributed by atoms with van der Waals surface area (Å²) in [4.78, 5) is 23.5. The van der Waals surface area contributed by atoms with Crippen LogP contribution in [0.5, 0.6) is 0 Å². The zero-order valence-electron chi connectivity index (χ0n) is 12.1. The summed E-state index contributed by atoms with van der Waals surface area (Å²) in [5.74, 6) is -0.535. The van der Waals surface area contributed by atoms with Crippen LogP contribution in [-0.2, 0) is 14.3 Å². The van der Waals surface area contributed by atoms with Crippen molar-refractivity contribution in [1.29, 1.82) is 0 Å². The molecule has 1 aromatic rings. The molecule has 0 bridgehead atoms. The molecule has 0 saturated heterocycles. The Morgan fingerprint density at radius 1 is 1.25 bits per heavy atom. The second kappa shape index (κ2) is 6.55. The maximum atomic E-state index is 11.8. The standard InChI is InChI=1S/C16H21NO3/c1-11-7-8-12(2)14(9-11)17-15(18)10-20-16(19)13-5-3-4-6-13/h7-9,13H,3-6,10H2,1-2H3,(H,17,18). The zero-order valence-corrected chi connectivity index (χ0v) is 12.1. The predicted molar refractivity (Wildman–Crippen MR) is 77.5 cm³/mol. The lowest BCUT2D eigenvalue weighted by atomic mass is 10.1. The number of benzene rings is 1. The number of esters is 1. The molecular weight excluding hydrogens is 254 g/mol. The fourth-order valence-electron chi connectivity index (χ4n) is 2.47. The summed E-state index contributed by atoms with van der Waals surface area (Å²) < 4.78 is 5.08. The fourth-order valence-corrected chi connectivity index (χ4v) is 2.47. The number of nitrogens with one attached hydrogen (secondary N) is 1. The number of ether oxygens (including phenoxy) is 1. The Morgan fingerprint density at radius 2 is 1.95 bits per heavy atom. The highest BCUT2D eigenvalue weighted by Gasteiger charge is 2.24. The minimum Gasteiger partial charge on any atom is -0.455 e. The van der Waals surface area contributed by atoms with E-state index in [-0.39, 0.29) is 24.4 Å². The van der Waals surface area contributed by atoms with E-state index in [0.29, 0.717) is 0 Å². The number of hydrogen-bond acceptors (Lipinski definition) is 3. The molecule has 20 heavy (non-hydrogen) atoms. The molecule has 1 N–H and O–H groups in total. The molecule has 1 aromatic carbocycles. The van der Waals surface area contributed by atoms with Crippen LogP contribution >= 0.6 is 0 Å². The van der Waals surface area contributed by atoms with Crippen LogP contribution < -0.4 is 5.32 Å². The van der Waals surface area contributed by atoms with E-state index >= 15 is 0 Å². The molecule has 1 aliphatic rings. The van der Waals surface area contributed by atoms with Gasteiger partial charge in [-0.15, -0.1) is 0 Å². The van der Waals surface area contributed by atoms with Gasteiger partial charge in [0.2, 0.25) is 0 Å². The molecule has 1 aliphatic carbocycles. The van der Waals surface area contributed by atoms with E-state index < -0.39 is 0 Å². The first-order valence-corrected chi connectivity index (χ1v) is 7.10. The maximum Gasteiger partial charge on any atom is 0.309 e. The molecule has 0 atom stereocenters. The van der Waals surface area contributed by atoms with Crippen LogP contribution in [0, 0.1) is 19.8 Å². The van der Waals surface area contributed by atoms with Crippen molar-refractivity contribution >= 4 is 17.6 Å². The van der Waals surface area contributed by atoms with Gasteiger partial charge >= 0.3 is 5.97 Å². The van der Waals surface area contributed by atoms with Gasteiger partial charge in [-0.05, 0) is 43.9 Å². The van der Waals surface area contributed by atoms with Gasteiger partial charge in [0.05, 0.1) is 5.92 Å². The third kappa shape index (κ3) is 3.83. The summed E-state index contributed by atoms with van der Waals surface area (Å²) in [7, 11) is 0. The summed E-state index contributed by atoms with van der Waals surface area (Å²) in [6.45, 7) is 3.69. The molecule has 1 saturated carbocycles. The van der Waals surface area contributed by atoms with Gasteiger partial charge < -0.3 is 10.1 Å². The Labute approximate surface area is 119 Å². The number of hydrogen-bond donors (Lipinski definition) is 1. The predicted octanol–water partition coefficient (Wildman–Crippen LogP) is 2.98. The topological polar surface area (TPSA) is 55.4 Å². The zero-order chi connectivity index (χ0) is 14.5. The summed E-state index contributed by atoms with van der Waals surface area (Å²) >= 11 is 0. The molecular formula is C16H21NO3. The number of rotatable bonds is 4. The first-order chi connectivity index (χ1) is 9.56. The molecule has 1 amide bonds. The van der Waals surface area contributed by atoms with Gasteiger partial charge in [0, 0.05) is 5.69 Å². The molecule has 2 rings (SSSR count). The minimum absolute atomic E-state index is 0.0106. The highest BCUT2D eigenvalue weighted by molar-refractivity contribution is 5.93. The largest absolute Gasteiger partial charge is 0.455 e. The van der Waals surface area contributed by atoms with E-state index in [0.717, 1.165) is 42.5 Å². The second-order valence-corrected chi connectivity index (χ2v) is 5.46. The number of carbonyl (C=O) groups excluding carboxylic acids is 2. The van der Waals surface area contributed by atoms with Crippen LogP contribution in [0.3, 0.4) is 0 Å². The Hall–Kier alpha value is -1.84. The van der Waals surface area contributed by atoms with Crippen LogP contribution in [0.25, 0.3) is 0 Å². The van der Waals surface area contributed by atoms with Gasteiger partial charge in [0.1, 0.15) is 0 Å². The fraction of sp³-hybridized carbons (Fsp3) is 0.500. The summed E-state index contributed by atoms with van der Waals surface area (Å²) in [5, 5.41) is 2.78. The van der Waals surface area contributed by atoms with Gasteiger partial charge in [0.15, 0.2) is 6.61 Å². The summed E-state index contributed by atoms with van der Waals surface area (Å²) in [5.41, 5.74) is 2.84. The van der Waals surface area contributed by atoms with Crippen molar-refractivity contribution in [3.63, 3.8) is 0 Å². The lowest BCUT2D eigenvalue weighted by Crippen LogP contribution is -2.24. The van der Waals surface area contributed by atoms with E-state index in [1.54, 1.807) is 0 Å². The Balaban J connectivity index is 1.83. The van der Waals surface area contributed by atoms with Crippen LogP contribution in [0.2, 0.25) is 0 Å². The van der Waals surface area contributed by atoms with E-state index in [1.165, 1.54) is 0 Å². The van der Waals surface area contributed by atoms with Crippen molar-refractivity contribution in [2.24, 2.45) is 5.92 Å². The molecule has 0 heterocycles. The van der Waals surface area contributed by atoms with Gasteiger partial charge in [0.25, 0.3) is 5.91 Å². The molecule has 0 spiro atoms. The Morgan fingerprint density at radius 3 is 2.65 bits per heavy atom. The number of amides is 1. The average molecular weight is 275 g/mol. The lowest BCUT2D eigenvalue weighted by molar-refractivity contribution is -0.151. The highest BCUT2D eigenvalue weighted by Crippen LogP contribution is 2.25. The molecule has 0 aromatic heterocycles. The smallest absolute Gasteiger partial charge is 0.309 e. The normalized spacial score (nSPS) is 15.1. The maximum absolute atomic E-state index is 11.8. The van der Waals surface area contributed by atoms with Crippen molar-refractivity contribution in [3.8, 4) is 0 Å². The van der Waals surface area contributed by atoms with Gasteiger partial charge in [-0.25, -0.2) is 0 Å². The van der Waals surface area contributed by atoms with Crippen molar-refractivity contribution in [3.05, 3.63) is 29.3 Å². The third-order valence-electron chi connectivity index (χ3n) is 3.70. The Kier molecular flexibility index (Phi) is 4.77. The molecule has 0 unspecified atom stereocenters. The van der Waals surface area contributed by atoms with E-state index in [4.69, 9.17) is 4.74 Å². The van der Waals surface area contributed by atoms with Crippen LogP contribution in [0.1, 0.15) is 36.8 Å². The third-order valence-corrected chi connectivity index (χ3v) is 3.70. The van der Waals surface area contributed by atoms with Crippen LogP contribution in [-0.4, -0.2) is 18.5 Å². The van der Waals surface area contributed by atoms with Crippen molar-refractivity contribution in [2.75, 3.05) is 11.9 Å². The quantitative estimate of drug-likeness (QED) is 0.859. The lowest BCUT2D eigenvalue weighted by Gasteiger charge is -2.11. The number of carbonyl (C=O) groups is 2. The molecule has 4 heteroatoms. The first-order valence-electron chi connectivity index (χ1n) is 7.10. The highest BCUT2D eigenvalue weighted by atomic mass is 16.5. The molecule has 4 nitrogen and oxygen atoms in total. The number of anilines is 1. The molecule has 0 aliphatic heterocycles. The molecule has 108 valence electrons. The minimum atomic E-state index is -0.287. The Bertz CT molecular complexity index is 504. The monoisotopic (exact) mass is 275 g/mol. The first kappa shape index (κ1) is 14.6. The van der Waals surface area contributed by atoms with Gasteiger partial charge in [-0.2, -0.15) is 0 Å². The van der Waals surface area contributed by atoms with E-state index in [9.17, 15) is 9.59 Å².